The molecule has 0 radical (unpaired) electrons. The summed E-state index contributed by atoms with van der Waals surface area (Å²) in [6.07, 6.45) is 3.97. The predicted octanol–water partition coefficient (Wildman–Crippen LogP) is 2.83. The first-order valence-corrected chi connectivity index (χ1v) is 5.91. The maximum atomic E-state index is 5.31. The summed E-state index contributed by atoms with van der Waals surface area (Å²) in [5.41, 5.74) is 0. The minimum Gasteiger partial charge on any atom is -0.382 e. The summed E-state index contributed by atoms with van der Waals surface area (Å²) in [5, 5.41) is 3.56. The maximum Gasteiger partial charge on any atom is 0.0546 e. The van der Waals surface area contributed by atoms with Crippen LogP contribution in [0, 0.1) is 5.92 Å². The minimum absolute atomic E-state index is 0.380. The fourth-order valence-corrected chi connectivity index (χ4v) is 1.79. The molecule has 3 unspecified atom stereocenters. The monoisotopic (exact) mass is 201 g/mol. The Balaban J connectivity index is 3.85. The molecule has 0 aromatic carbocycles. The Morgan fingerprint density at radius 1 is 1.21 bits per heavy atom. The summed E-state index contributed by atoms with van der Waals surface area (Å²) in [5.74, 6) is 0.733. The van der Waals surface area contributed by atoms with Crippen molar-refractivity contribution < 1.29 is 4.74 Å². The Labute approximate surface area is 89.4 Å². The summed E-state index contributed by atoms with van der Waals surface area (Å²) >= 11 is 0. The average molecular weight is 201 g/mol. The Bertz CT molecular complexity index is 127. The zero-order chi connectivity index (χ0) is 11.0. The molecule has 0 aliphatic carbocycles. The van der Waals surface area contributed by atoms with Gasteiger partial charge in [0.1, 0.15) is 0 Å². The van der Waals surface area contributed by atoms with Crippen LogP contribution in [-0.2, 0) is 4.74 Å². The van der Waals surface area contributed by atoms with Gasteiger partial charge in [-0.05, 0) is 39.2 Å². The smallest absolute Gasteiger partial charge is 0.0546 e. The van der Waals surface area contributed by atoms with E-state index in [2.05, 4.69) is 33.0 Å². The van der Waals surface area contributed by atoms with Crippen LogP contribution in [0.1, 0.15) is 47.0 Å². The normalized spacial score (nSPS) is 17.8. The van der Waals surface area contributed by atoms with Crippen molar-refractivity contribution in [2.45, 2.75) is 59.1 Å². The number of ether oxygens (including phenoxy) is 1. The van der Waals surface area contributed by atoms with Gasteiger partial charge in [0.2, 0.25) is 0 Å². The standard InChI is InChI=1S/C12H27NO/c1-6-8-13-11(4)12(7-2)9-10(3)14-5/h10-13H,6-9H2,1-5H3. The molecule has 0 saturated heterocycles. The molecule has 0 aromatic rings. The molecular formula is C12H27NO. The molecule has 0 aliphatic rings. The highest BCUT2D eigenvalue weighted by molar-refractivity contribution is 4.73. The molecule has 3 atom stereocenters. The lowest BCUT2D eigenvalue weighted by molar-refractivity contribution is 0.0879. The fourth-order valence-electron chi connectivity index (χ4n) is 1.79. The van der Waals surface area contributed by atoms with Crippen molar-refractivity contribution >= 4 is 0 Å². The topological polar surface area (TPSA) is 21.3 Å². The maximum absolute atomic E-state index is 5.31. The van der Waals surface area contributed by atoms with Crippen molar-refractivity contribution in [1.29, 1.82) is 0 Å². The van der Waals surface area contributed by atoms with E-state index < -0.39 is 0 Å². The van der Waals surface area contributed by atoms with Crippen LogP contribution in [-0.4, -0.2) is 25.8 Å². The van der Waals surface area contributed by atoms with Gasteiger partial charge in [-0.2, -0.15) is 0 Å². The molecule has 0 fully saturated rings. The molecule has 0 saturated carbocycles. The van der Waals surface area contributed by atoms with Crippen molar-refractivity contribution in [3.05, 3.63) is 0 Å². The second-order valence-electron chi connectivity index (χ2n) is 4.19. The van der Waals surface area contributed by atoms with E-state index in [9.17, 15) is 0 Å². The number of hydrogen-bond acceptors (Lipinski definition) is 2. The third-order valence-corrected chi connectivity index (χ3v) is 2.98. The largest absolute Gasteiger partial charge is 0.382 e. The Hall–Kier alpha value is -0.0800. The van der Waals surface area contributed by atoms with Gasteiger partial charge < -0.3 is 10.1 Å². The lowest BCUT2D eigenvalue weighted by atomic mass is 9.92. The zero-order valence-corrected chi connectivity index (χ0v) is 10.5. The summed E-state index contributed by atoms with van der Waals surface area (Å²) in [6.45, 7) is 10.0. The third kappa shape index (κ3) is 5.61. The number of methoxy groups -OCH3 is 1. The van der Waals surface area contributed by atoms with Gasteiger partial charge >= 0.3 is 0 Å². The fraction of sp³-hybridized carbons (Fsp3) is 1.00. The van der Waals surface area contributed by atoms with Crippen molar-refractivity contribution in [3.63, 3.8) is 0 Å². The van der Waals surface area contributed by atoms with Crippen LogP contribution >= 0.6 is 0 Å². The van der Waals surface area contributed by atoms with Crippen LogP contribution in [0.4, 0.5) is 0 Å². The van der Waals surface area contributed by atoms with Gasteiger partial charge in [-0.3, -0.25) is 0 Å². The summed E-state index contributed by atoms with van der Waals surface area (Å²) in [6, 6.07) is 0.609. The van der Waals surface area contributed by atoms with E-state index >= 15 is 0 Å². The molecule has 2 nitrogen and oxygen atoms in total. The van der Waals surface area contributed by atoms with Gasteiger partial charge in [-0.15, -0.1) is 0 Å². The molecule has 1 N–H and O–H groups in total. The van der Waals surface area contributed by atoms with Crippen LogP contribution in [0.5, 0.6) is 0 Å². The van der Waals surface area contributed by atoms with Gasteiger partial charge in [-0.1, -0.05) is 20.3 Å². The second-order valence-corrected chi connectivity index (χ2v) is 4.19. The summed E-state index contributed by atoms with van der Waals surface area (Å²) in [7, 11) is 1.79. The molecule has 0 bridgehead atoms. The third-order valence-electron chi connectivity index (χ3n) is 2.98. The number of rotatable bonds is 8. The SMILES string of the molecule is CCCNC(C)C(CC)CC(C)OC. The van der Waals surface area contributed by atoms with E-state index in [4.69, 9.17) is 4.74 Å². The molecule has 2 heteroatoms. The first-order chi connectivity index (χ1) is 6.65. The van der Waals surface area contributed by atoms with E-state index in [0.717, 1.165) is 18.9 Å². The second kappa shape index (κ2) is 8.25. The molecule has 86 valence electrons. The Morgan fingerprint density at radius 2 is 1.86 bits per heavy atom. The molecule has 0 heterocycles. The van der Waals surface area contributed by atoms with Crippen LogP contribution < -0.4 is 5.32 Å². The van der Waals surface area contributed by atoms with Crippen molar-refractivity contribution in [2.75, 3.05) is 13.7 Å². The molecule has 0 aliphatic heterocycles. The summed E-state index contributed by atoms with van der Waals surface area (Å²) in [4.78, 5) is 0. The quantitative estimate of drug-likeness (QED) is 0.652. The van der Waals surface area contributed by atoms with Gasteiger partial charge in [0, 0.05) is 13.2 Å². The molecule has 0 spiro atoms. The lowest BCUT2D eigenvalue weighted by Gasteiger charge is -2.26. The first-order valence-electron chi connectivity index (χ1n) is 5.91. The molecule has 0 amide bonds. The van der Waals surface area contributed by atoms with Crippen LogP contribution in [0.2, 0.25) is 0 Å². The van der Waals surface area contributed by atoms with Gasteiger partial charge in [0.05, 0.1) is 6.10 Å². The van der Waals surface area contributed by atoms with Crippen LogP contribution in [0.25, 0.3) is 0 Å². The molecular weight excluding hydrogens is 174 g/mol. The van der Waals surface area contributed by atoms with E-state index in [1.165, 1.54) is 12.8 Å². The highest BCUT2D eigenvalue weighted by Crippen LogP contribution is 2.16. The lowest BCUT2D eigenvalue weighted by Crippen LogP contribution is -2.35. The van der Waals surface area contributed by atoms with E-state index in [1.54, 1.807) is 7.11 Å². The Morgan fingerprint density at radius 3 is 2.29 bits per heavy atom. The van der Waals surface area contributed by atoms with Gasteiger partial charge in [-0.25, -0.2) is 0 Å². The van der Waals surface area contributed by atoms with Crippen molar-refractivity contribution in [1.82, 2.24) is 5.32 Å². The highest BCUT2D eigenvalue weighted by Gasteiger charge is 2.17. The van der Waals surface area contributed by atoms with Crippen molar-refractivity contribution in [2.24, 2.45) is 5.92 Å². The first kappa shape index (κ1) is 13.9. The Kier molecular flexibility index (Phi) is 8.20. The van der Waals surface area contributed by atoms with Crippen molar-refractivity contribution in [3.8, 4) is 0 Å². The van der Waals surface area contributed by atoms with E-state index in [0.29, 0.717) is 12.1 Å². The molecule has 14 heavy (non-hydrogen) atoms. The highest BCUT2D eigenvalue weighted by atomic mass is 16.5. The van der Waals surface area contributed by atoms with Gasteiger partial charge in [0.15, 0.2) is 0 Å². The molecule has 0 rings (SSSR count). The number of hydrogen-bond donors (Lipinski definition) is 1. The average Bonchev–Trinajstić information content (AvgIpc) is 2.21. The van der Waals surface area contributed by atoms with E-state index in [-0.39, 0.29) is 0 Å². The molecule has 0 aromatic heterocycles. The van der Waals surface area contributed by atoms with E-state index in [1.807, 2.05) is 0 Å². The predicted molar refractivity (Wildman–Crippen MR) is 62.6 cm³/mol. The van der Waals surface area contributed by atoms with Gasteiger partial charge in [0.25, 0.3) is 0 Å². The minimum atomic E-state index is 0.380. The zero-order valence-electron chi connectivity index (χ0n) is 10.5. The van der Waals surface area contributed by atoms with Crippen LogP contribution in [0.15, 0.2) is 0 Å². The summed E-state index contributed by atoms with van der Waals surface area (Å²) < 4.78 is 5.31. The number of nitrogens with one attached hydrogen (secondary N) is 1. The van der Waals surface area contributed by atoms with Crippen LogP contribution in [0.3, 0.4) is 0 Å².